The molecule has 2 rings (SSSR count). The van der Waals surface area contributed by atoms with Crippen molar-refractivity contribution in [2.45, 2.75) is 51.7 Å². The molecule has 0 radical (unpaired) electrons. The molecule has 2 aliphatic rings. The lowest BCUT2D eigenvalue weighted by atomic mass is 9.99. The number of ether oxygens (including phenoxy) is 1. The van der Waals surface area contributed by atoms with Gasteiger partial charge < -0.3 is 15.0 Å². The van der Waals surface area contributed by atoms with Crippen LogP contribution in [0.2, 0.25) is 0 Å². The molecule has 0 aromatic carbocycles. The molecule has 3 unspecified atom stereocenters. The van der Waals surface area contributed by atoms with E-state index in [4.69, 9.17) is 4.74 Å². The van der Waals surface area contributed by atoms with Crippen molar-refractivity contribution in [1.82, 2.24) is 10.2 Å². The fourth-order valence-electron chi connectivity index (χ4n) is 2.85. The van der Waals surface area contributed by atoms with Gasteiger partial charge in [0.2, 0.25) is 5.91 Å². The highest BCUT2D eigenvalue weighted by atomic mass is 16.5. The maximum absolute atomic E-state index is 12.3. The van der Waals surface area contributed by atoms with Gasteiger partial charge >= 0.3 is 0 Å². The zero-order valence-electron chi connectivity index (χ0n) is 11.1. The predicted octanol–water partition coefficient (Wildman–Crippen LogP) is 1.01. The smallest absolute Gasteiger partial charge is 0.240 e. The molecule has 2 saturated heterocycles. The van der Waals surface area contributed by atoms with E-state index in [1.165, 1.54) is 0 Å². The van der Waals surface area contributed by atoms with Crippen molar-refractivity contribution in [1.29, 1.82) is 0 Å². The topological polar surface area (TPSA) is 41.6 Å². The largest absolute Gasteiger partial charge is 0.381 e. The van der Waals surface area contributed by atoms with Crippen molar-refractivity contribution in [2.24, 2.45) is 5.92 Å². The Bertz CT molecular complexity index is 275. The highest BCUT2D eigenvalue weighted by Gasteiger charge is 2.37. The molecule has 1 N–H and O–H groups in total. The van der Waals surface area contributed by atoms with Gasteiger partial charge in [-0.3, -0.25) is 4.79 Å². The average molecular weight is 240 g/mol. The number of nitrogens with one attached hydrogen (secondary N) is 1. The third-order valence-electron chi connectivity index (χ3n) is 3.91. The monoisotopic (exact) mass is 240 g/mol. The van der Waals surface area contributed by atoms with Gasteiger partial charge in [-0.15, -0.1) is 0 Å². The zero-order chi connectivity index (χ0) is 12.4. The Kier molecular flexibility index (Phi) is 4.05. The first kappa shape index (κ1) is 12.8. The fourth-order valence-corrected chi connectivity index (χ4v) is 2.85. The van der Waals surface area contributed by atoms with Crippen LogP contribution >= 0.6 is 0 Å². The van der Waals surface area contributed by atoms with Crippen LogP contribution in [0, 0.1) is 5.92 Å². The number of carbonyl (C=O) groups excluding carboxylic acids is 1. The number of carbonyl (C=O) groups is 1. The summed E-state index contributed by atoms with van der Waals surface area (Å²) in [7, 11) is 0. The lowest BCUT2D eigenvalue weighted by molar-refractivity contribution is -0.132. The standard InChI is InChI=1S/C13H24N2O2/c1-9(2)14-12-4-6-15(13(12)16)10(3)11-5-7-17-8-11/h9-12,14H,4-8H2,1-3H3. The van der Waals surface area contributed by atoms with Crippen LogP contribution in [-0.4, -0.2) is 48.7 Å². The van der Waals surface area contributed by atoms with Gasteiger partial charge in [0.1, 0.15) is 0 Å². The van der Waals surface area contributed by atoms with Crippen molar-refractivity contribution in [3.63, 3.8) is 0 Å². The van der Waals surface area contributed by atoms with E-state index in [1.54, 1.807) is 0 Å². The summed E-state index contributed by atoms with van der Waals surface area (Å²) in [5.74, 6) is 0.801. The summed E-state index contributed by atoms with van der Waals surface area (Å²) in [5.41, 5.74) is 0. The second kappa shape index (κ2) is 5.36. The minimum Gasteiger partial charge on any atom is -0.381 e. The molecule has 0 aliphatic carbocycles. The number of hydrogen-bond acceptors (Lipinski definition) is 3. The molecule has 2 heterocycles. The highest BCUT2D eigenvalue weighted by Crippen LogP contribution is 2.25. The maximum Gasteiger partial charge on any atom is 0.240 e. The molecule has 0 aromatic rings. The fraction of sp³-hybridized carbons (Fsp3) is 0.923. The lowest BCUT2D eigenvalue weighted by Gasteiger charge is -2.29. The third-order valence-corrected chi connectivity index (χ3v) is 3.91. The zero-order valence-corrected chi connectivity index (χ0v) is 11.1. The van der Waals surface area contributed by atoms with Crippen LogP contribution in [0.15, 0.2) is 0 Å². The first-order chi connectivity index (χ1) is 8.09. The molecule has 0 spiro atoms. The van der Waals surface area contributed by atoms with E-state index in [1.807, 2.05) is 4.90 Å². The van der Waals surface area contributed by atoms with Gasteiger partial charge in [0, 0.05) is 31.2 Å². The minimum atomic E-state index is 0.0276. The molecule has 0 saturated carbocycles. The number of rotatable bonds is 4. The molecule has 4 heteroatoms. The van der Waals surface area contributed by atoms with Crippen molar-refractivity contribution in [3.05, 3.63) is 0 Å². The minimum absolute atomic E-state index is 0.0276. The number of amides is 1. The van der Waals surface area contributed by atoms with Gasteiger partial charge in [-0.2, -0.15) is 0 Å². The number of nitrogens with zero attached hydrogens (tertiary/aromatic N) is 1. The Morgan fingerprint density at radius 3 is 2.71 bits per heavy atom. The summed E-state index contributed by atoms with van der Waals surface area (Å²) in [6.07, 6.45) is 2.03. The van der Waals surface area contributed by atoms with Gasteiger partial charge in [-0.05, 0) is 19.8 Å². The van der Waals surface area contributed by atoms with Gasteiger partial charge in [0.25, 0.3) is 0 Å². The molecular weight excluding hydrogens is 216 g/mol. The Hall–Kier alpha value is -0.610. The molecule has 3 atom stereocenters. The van der Waals surface area contributed by atoms with Crippen molar-refractivity contribution in [3.8, 4) is 0 Å². The molecule has 0 aromatic heterocycles. The molecule has 1 amide bonds. The maximum atomic E-state index is 12.3. The van der Waals surface area contributed by atoms with Gasteiger partial charge in [0.05, 0.1) is 12.6 Å². The second-order valence-corrected chi connectivity index (χ2v) is 5.56. The van der Waals surface area contributed by atoms with E-state index in [9.17, 15) is 4.79 Å². The Morgan fingerprint density at radius 2 is 2.12 bits per heavy atom. The third kappa shape index (κ3) is 2.80. The van der Waals surface area contributed by atoms with Crippen LogP contribution in [0.5, 0.6) is 0 Å². The number of likely N-dealkylation sites (tertiary alicyclic amines) is 1. The summed E-state index contributed by atoms with van der Waals surface area (Å²) in [5, 5.41) is 3.34. The van der Waals surface area contributed by atoms with Crippen LogP contribution in [0.25, 0.3) is 0 Å². The molecule has 98 valence electrons. The Balaban J connectivity index is 1.92. The normalized spacial score (nSPS) is 31.5. The molecule has 4 nitrogen and oxygen atoms in total. The second-order valence-electron chi connectivity index (χ2n) is 5.56. The van der Waals surface area contributed by atoms with Crippen molar-refractivity contribution >= 4 is 5.91 Å². The van der Waals surface area contributed by atoms with Crippen LogP contribution in [-0.2, 0) is 9.53 Å². The quantitative estimate of drug-likeness (QED) is 0.797. The van der Waals surface area contributed by atoms with E-state index in [2.05, 4.69) is 26.1 Å². The lowest BCUT2D eigenvalue weighted by Crippen LogP contribution is -2.46. The van der Waals surface area contributed by atoms with Crippen molar-refractivity contribution in [2.75, 3.05) is 19.8 Å². The van der Waals surface area contributed by atoms with E-state index >= 15 is 0 Å². The molecule has 0 bridgehead atoms. The van der Waals surface area contributed by atoms with Gasteiger partial charge in [-0.1, -0.05) is 13.8 Å². The first-order valence-corrected chi connectivity index (χ1v) is 6.74. The highest BCUT2D eigenvalue weighted by molar-refractivity contribution is 5.84. The van der Waals surface area contributed by atoms with E-state index < -0.39 is 0 Å². The van der Waals surface area contributed by atoms with Crippen LogP contribution < -0.4 is 5.32 Å². The summed E-state index contributed by atoms with van der Waals surface area (Å²) in [6, 6.07) is 0.720. The predicted molar refractivity (Wildman–Crippen MR) is 66.8 cm³/mol. The molecular formula is C13H24N2O2. The first-order valence-electron chi connectivity index (χ1n) is 6.74. The van der Waals surface area contributed by atoms with Gasteiger partial charge in [-0.25, -0.2) is 0 Å². The molecule has 2 aliphatic heterocycles. The molecule has 2 fully saturated rings. The summed E-state index contributed by atoms with van der Waals surface area (Å²) < 4.78 is 5.41. The van der Waals surface area contributed by atoms with Crippen LogP contribution in [0.3, 0.4) is 0 Å². The Labute approximate surface area is 104 Å². The molecule has 17 heavy (non-hydrogen) atoms. The summed E-state index contributed by atoms with van der Waals surface area (Å²) >= 11 is 0. The van der Waals surface area contributed by atoms with Gasteiger partial charge in [0.15, 0.2) is 0 Å². The summed E-state index contributed by atoms with van der Waals surface area (Å²) in [4.78, 5) is 14.3. The SMILES string of the molecule is CC(C)NC1CCN(C(C)C2CCOC2)C1=O. The van der Waals surface area contributed by atoms with E-state index in [0.717, 1.165) is 32.6 Å². The Morgan fingerprint density at radius 1 is 1.35 bits per heavy atom. The van der Waals surface area contributed by atoms with Crippen LogP contribution in [0.1, 0.15) is 33.6 Å². The average Bonchev–Trinajstić information content (AvgIpc) is 2.88. The number of hydrogen-bond donors (Lipinski definition) is 1. The van der Waals surface area contributed by atoms with Crippen molar-refractivity contribution < 1.29 is 9.53 Å². The van der Waals surface area contributed by atoms with E-state index in [-0.39, 0.29) is 11.9 Å². The van der Waals surface area contributed by atoms with E-state index in [0.29, 0.717) is 18.0 Å². The van der Waals surface area contributed by atoms with Crippen LogP contribution in [0.4, 0.5) is 0 Å². The summed E-state index contributed by atoms with van der Waals surface area (Å²) in [6.45, 7) is 8.89.